The number of carbonyl (C=O) groups excluding carboxylic acids is 4. The second-order valence-electron chi connectivity index (χ2n) is 25.5. The van der Waals surface area contributed by atoms with Crippen molar-refractivity contribution in [1.29, 1.82) is 0 Å². The zero-order chi connectivity index (χ0) is 71.8. The number of phosphoric ester groups is 2. The van der Waals surface area contributed by atoms with E-state index in [2.05, 4.69) is 113 Å². The van der Waals surface area contributed by atoms with Crippen molar-refractivity contribution in [3.8, 4) is 0 Å². The van der Waals surface area contributed by atoms with Gasteiger partial charge in [0.1, 0.15) is 19.3 Å². The normalized spacial score (nSPS) is 14.5. The van der Waals surface area contributed by atoms with Crippen LogP contribution >= 0.6 is 15.6 Å². The molecule has 0 saturated carbocycles. The molecule has 0 rings (SSSR count). The van der Waals surface area contributed by atoms with E-state index in [1.807, 2.05) is 12.2 Å². The van der Waals surface area contributed by atoms with Crippen LogP contribution in [0.3, 0.4) is 0 Å². The third-order valence-electron chi connectivity index (χ3n) is 16.1. The molecule has 17 nitrogen and oxygen atoms in total. The van der Waals surface area contributed by atoms with Gasteiger partial charge in [0.05, 0.1) is 26.4 Å². The van der Waals surface area contributed by atoms with Gasteiger partial charge in [-0.2, -0.15) is 0 Å². The van der Waals surface area contributed by atoms with Crippen molar-refractivity contribution in [3.63, 3.8) is 0 Å². The second-order valence-corrected chi connectivity index (χ2v) is 28.5. The number of allylic oxidation sites excluding steroid dienone is 16. The van der Waals surface area contributed by atoms with Crippen LogP contribution < -0.4 is 0 Å². The van der Waals surface area contributed by atoms with Gasteiger partial charge < -0.3 is 33.8 Å². The molecule has 0 aromatic carbocycles. The van der Waals surface area contributed by atoms with E-state index in [9.17, 15) is 43.2 Å². The Labute approximate surface area is 595 Å². The fourth-order valence-corrected chi connectivity index (χ4v) is 11.9. The predicted octanol–water partition coefficient (Wildman–Crippen LogP) is 22.0. The summed E-state index contributed by atoms with van der Waals surface area (Å²) in [6.07, 6.45) is 74.0. The molecule has 5 atom stereocenters. The lowest BCUT2D eigenvalue weighted by molar-refractivity contribution is -0.161. The SMILES string of the molecule is CC/C=C\C/C=C\C/C=C\C/C=C\C/C=C\CCCC(=O)OCC(COP(=O)(O)OCC(O)COP(=O)(O)OCC(COC(=O)CCCCCCCCC/C=C\C/C=C\C/C=C\CC)OC(=O)CCCCCCCCCCCCCCC)OC(=O)CCCCCCCCCCCCC. The summed E-state index contributed by atoms with van der Waals surface area (Å²) in [5.41, 5.74) is 0. The van der Waals surface area contributed by atoms with E-state index in [0.29, 0.717) is 32.1 Å². The third-order valence-corrected chi connectivity index (χ3v) is 18.0. The van der Waals surface area contributed by atoms with Crippen molar-refractivity contribution < 1.29 is 80.2 Å². The minimum Gasteiger partial charge on any atom is -0.462 e. The average Bonchev–Trinajstić information content (AvgIpc) is 0.985. The third kappa shape index (κ3) is 70.4. The van der Waals surface area contributed by atoms with Crippen LogP contribution in [0.2, 0.25) is 0 Å². The first-order chi connectivity index (χ1) is 47.7. The van der Waals surface area contributed by atoms with Crippen molar-refractivity contribution in [1.82, 2.24) is 0 Å². The fourth-order valence-electron chi connectivity index (χ4n) is 10.3. The van der Waals surface area contributed by atoms with Crippen molar-refractivity contribution in [3.05, 3.63) is 97.2 Å². The van der Waals surface area contributed by atoms with E-state index < -0.39 is 97.5 Å². The number of phosphoric acid groups is 2. The Kier molecular flexibility index (Phi) is 68.4. The van der Waals surface area contributed by atoms with Crippen LogP contribution in [-0.2, 0) is 65.4 Å². The second kappa shape index (κ2) is 71.4. The molecule has 0 aromatic heterocycles. The van der Waals surface area contributed by atoms with Crippen LogP contribution in [-0.4, -0.2) is 96.7 Å². The number of hydrogen-bond donors (Lipinski definition) is 3. The summed E-state index contributed by atoms with van der Waals surface area (Å²) in [5.74, 6) is -2.23. The van der Waals surface area contributed by atoms with Crippen LogP contribution in [0.25, 0.3) is 0 Å². The lowest BCUT2D eigenvalue weighted by Crippen LogP contribution is -2.30. The molecule has 0 amide bonds. The van der Waals surface area contributed by atoms with E-state index in [1.165, 1.54) is 89.9 Å². The molecule has 5 unspecified atom stereocenters. The number of aliphatic hydroxyl groups excluding tert-OH is 1. The van der Waals surface area contributed by atoms with Crippen molar-refractivity contribution >= 4 is 39.5 Å². The molecule has 0 aliphatic carbocycles. The molecule has 0 aliphatic rings. The summed E-state index contributed by atoms with van der Waals surface area (Å²) in [5, 5.41) is 10.6. The van der Waals surface area contributed by atoms with E-state index in [4.69, 9.17) is 37.0 Å². The topological polar surface area (TPSA) is 237 Å². The van der Waals surface area contributed by atoms with Crippen LogP contribution in [0.5, 0.6) is 0 Å². The Balaban J connectivity index is 5.34. The van der Waals surface area contributed by atoms with Crippen LogP contribution in [0.1, 0.15) is 323 Å². The van der Waals surface area contributed by atoms with Crippen LogP contribution in [0.4, 0.5) is 0 Å². The van der Waals surface area contributed by atoms with Crippen molar-refractivity contribution in [2.45, 2.75) is 341 Å². The van der Waals surface area contributed by atoms with Crippen molar-refractivity contribution in [2.75, 3.05) is 39.6 Å². The molecule has 0 spiro atoms. The number of ether oxygens (including phenoxy) is 4. The molecule has 0 aliphatic heterocycles. The first-order valence-corrected chi connectivity index (χ1v) is 41.5. The van der Waals surface area contributed by atoms with Crippen LogP contribution in [0, 0.1) is 0 Å². The number of aliphatic hydroxyl groups is 1. The summed E-state index contributed by atoms with van der Waals surface area (Å²) >= 11 is 0. The first-order valence-electron chi connectivity index (χ1n) is 38.5. The largest absolute Gasteiger partial charge is 0.472 e. The lowest BCUT2D eigenvalue weighted by Gasteiger charge is -2.21. The molecule has 0 aromatic rings. The fraction of sp³-hybridized carbons (Fsp3) is 0.747. The Morgan fingerprint density at radius 3 is 0.857 bits per heavy atom. The highest BCUT2D eigenvalue weighted by Crippen LogP contribution is 2.45. The van der Waals surface area contributed by atoms with E-state index in [1.54, 1.807) is 0 Å². The molecule has 0 saturated heterocycles. The quantitative estimate of drug-likeness (QED) is 0.0169. The lowest BCUT2D eigenvalue weighted by atomic mass is 10.0. The number of hydrogen-bond acceptors (Lipinski definition) is 15. The minimum absolute atomic E-state index is 0.0852. The number of carbonyl (C=O) groups is 4. The Morgan fingerprint density at radius 1 is 0.296 bits per heavy atom. The van der Waals surface area contributed by atoms with E-state index in [0.717, 1.165) is 148 Å². The van der Waals surface area contributed by atoms with Gasteiger partial charge in [-0.1, -0.05) is 298 Å². The van der Waals surface area contributed by atoms with Gasteiger partial charge in [-0.25, -0.2) is 9.13 Å². The van der Waals surface area contributed by atoms with Gasteiger partial charge in [0.2, 0.25) is 0 Å². The zero-order valence-corrected chi connectivity index (χ0v) is 63.5. The summed E-state index contributed by atoms with van der Waals surface area (Å²) in [6, 6.07) is 0. The standard InChI is InChI=1S/C79H138O17P2/c1-5-9-13-17-21-25-29-32-34-36-38-41-44-47-51-55-59-63-76(81)89-69-74(95-78(83)65-61-57-53-49-43-28-24-20-16-12-8-4)71-93-97(85,86)91-67-73(80)68-92-98(87,88)94-72-75(96-79(84)66-62-58-54-50-46-40-31-27-23-19-15-11-7-3)70-90-77(82)64-60-56-52-48-45-42-39-37-35-33-30-26-22-18-14-10-6-2/h9-10,13-14,21-22,25-26,32-35,38,41,47,51,73-75,80H,5-8,11-12,15-20,23-24,27-31,36-37,39-40,42-46,48-50,52-72H2,1-4H3,(H,85,86)(H,87,88)/b13-9-,14-10-,25-21-,26-22-,34-32-,35-33-,41-38-,51-47-. The zero-order valence-electron chi connectivity index (χ0n) is 61.7. The molecular formula is C79H138O17P2. The van der Waals surface area contributed by atoms with Gasteiger partial charge in [0.25, 0.3) is 0 Å². The summed E-state index contributed by atoms with van der Waals surface area (Å²) in [7, 11) is -9.95. The number of esters is 4. The van der Waals surface area contributed by atoms with Gasteiger partial charge >= 0.3 is 39.5 Å². The molecule has 3 N–H and O–H groups in total. The Bertz CT molecular complexity index is 2240. The first kappa shape index (κ1) is 94.0. The smallest absolute Gasteiger partial charge is 0.462 e. The highest BCUT2D eigenvalue weighted by molar-refractivity contribution is 7.47. The summed E-state index contributed by atoms with van der Waals surface area (Å²) < 4.78 is 68.4. The molecule has 0 radical (unpaired) electrons. The molecule has 0 bridgehead atoms. The predicted molar refractivity (Wildman–Crippen MR) is 399 cm³/mol. The highest BCUT2D eigenvalue weighted by atomic mass is 31.2. The molecular weight excluding hydrogens is 1280 g/mol. The van der Waals surface area contributed by atoms with Gasteiger partial charge in [0, 0.05) is 25.7 Å². The molecule has 0 heterocycles. The molecule has 566 valence electrons. The Hall–Kier alpha value is -4.02. The van der Waals surface area contributed by atoms with Gasteiger partial charge in [-0.15, -0.1) is 0 Å². The highest BCUT2D eigenvalue weighted by Gasteiger charge is 2.30. The number of unbranched alkanes of at least 4 members (excludes halogenated alkanes) is 30. The van der Waals surface area contributed by atoms with Gasteiger partial charge in [-0.3, -0.25) is 37.3 Å². The Morgan fingerprint density at radius 2 is 0.541 bits per heavy atom. The van der Waals surface area contributed by atoms with E-state index >= 15 is 0 Å². The molecule has 0 fully saturated rings. The van der Waals surface area contributed by atoms with Crippen LogP contribution in [0.15, 0.2) is 97.2 Å². The van der Waals surface area contributed by atoms with Gasteiger partial charge in [-0.05, 0) is 96.3 Å². The molecule has 19 heteroatoms. The molecule has 98 heavy (non-hydrogen) atoms. The maximum Gasteiger partial charge on any atom is 0.472 e. The monoisotopic (exact) mass is 1420 g/mol. The maximum atomic E-state index is 13.1. The average molecular weight is 1420 g/mol. The maximum absolute atomic E-state index is 13.1. The number of rotatable bonds is 72. The van der Waals surface area contributed by atoms with Crippen molar-refractivity contribution in [2.24, 2.45) is 0 Å². The summed E-state index contributed by atoms with van der Waals surface area (Å²) in [6.45, 7) is 4.60. The minimum atomic E-state index is -4.98. The van der Waals surface area contributed by atoms with E-state index in [-0.39, 0.29) is 25.7 Å². The van der Waals surface area contributed by atoms with Gasteiger partial charge in [0.15, 0.2) is 12.2 Å². The summed E-state index contributed by atoms with van der Waals surface area (Å²) in [4.78, 5) is 72.8.